The highest BCUT2D eigenvalue weighted by atomic mass is 16.2. The summed E-state index contributed by atoms with van der Waals surface area (Å²) in [7, 11) is 3.88. The van der Waals surface area contributed by atoms with Crippen LogP contribution in [0.3, 0.4) is 0 Å². The average molecular weight is 387 g/mol. The van der Waals surface area contributed by atoms with E-state index in [0.717, 1.165) is 11.4 Å². The Bertz CT molecular complexity index is 814. The van der Waals surface area contributed by atoms with E-state index in [2.05, 4.69) is 9.97 Å². The minimum atomic E-state index is 0.0171. The second-order valence-corrected chi connectivity index (χ2v) is 7.79. The molecule has 2 atom stereocenters. The maximum Gasteiger partial charge on any atom is 0.223 e. The summed E-state index contributed by atoms with van der Waals surface area (Å²) in [6.45, 7) is 5.23. The van der Waals surface area contributed by atoms with Crippen LogP contribution in [0.15, 0.2) is 25.0 Å². The zero-order valence-corrected chi connectivity index (χ0v) is 17.2. The van der Waals surface area contributed by atoms with Gasteiger partial charge in [0.2, 0.25) is 11.8 Å². The van der Waals surface area contributed by atoms with Gasteiger partial charge in [-0.15, -0.1) is 0 Å². The van der Waals surface area contributed by atoms with Crippen molar-refractivity contribution < 1.29 is 9.59 Å². The maximum atomic E-state index is 12.8. The van der Waals surface area contributed by atoms with Crippen molar-refractivity contribution in [2.24, 2.45) is 14.1 Å². The summed E-state index contributed by atoms with van der Waals surface area (Å²) in [5, 5.41) is 0. The van der Waals surface area contributed by atoms with Crippen molar-refractivity contribution in [3.63, 3.8) is 0 Å². The smallest absolute Gasteiger partial charge is 0.223 e. The van der Waals surface area contributed by atoms with Crippen LogP contribution < -0.4 is 0 Å². The quantitative estimate of drug-likeness (QED) is 0.747. The normalized spacial score (nSPS) is 19.9. The van der Waals surface area contributed by atoms with Crippen molar-refractivity contribution in [3.05, 3.63) is 36.4 Å². The number of hydrogen-bond donors (Lipinski definition) is 0. The molecule has 2 amide bonds. The number of nitrogens with zero attached hydrogens (tertiary/aromatic N) is 6. The Hall–Kier alpha value is -2.64. The molecule has 0 aromatic carbocycles. The first-order valence-corrected chi connectivity index (χ1v) is 9.86. The van der Waals surface area contributed by atoms with Gasteiger partial charge in [0.05, 0.1) is 12.7 Å². The first-order valence-electron chi connectivity index (χ1n) is 9.86. The first-order chi connectivity index (χ1) is 13.4. The predicted octanol–water partition coefficient (Wildman–Crippen LogP) is 1.17. The number of rotatable bonds is 6. The van der Waals surface area contributed by atoms with E-state index < -0.39 is 0 Å². The van der Waals surface area contributed by atoms with E-state index in [1.165, 1.54) is 0 Å². The molecule has 0 saturated carbocycles. The Balaban J connectivity index is 1.52. The van der Waals surface area contributed by atoms with Gasteiger partial charge >= 0.3 is 0 Å². The van der Waals surface area contributed by atoms with Crippen molar-refractivity contribution in [1.82, 2.24) is 28.9 Å². The molecule has 0 bridgehead atoms. The molecule has 2 aromatic rings. The third kappa shape index (κ3) is 4.43. The number of carbonyl (C=O) groups excluding carboxylic acids is 2. The molecule has 1 fully saturated rings. The summed E-state index contributed by atoms with van der Waals surface area (Å²) >= 11 is 0. The highest BCUT2D eigenvalue weighted by Gasteiger charge is 2.34. The predicted molar refractivity (Wildman–Crippen MR) is 105 cm³/mol. The van der Waals surface area contributed by atoms with Gasteiger partial charge in [-0.05, 0) is 26.7 Å². The Kier molecular flexibility index (Phi) is 6.16. The van der Waals surface area contributed by atoms with Crippen LogP contribution in [0.2, 0.25) is 0 Å². The van der Waals surface area contributed by atoms with Gasteiger partial charge in [-0.2, -0.15) is 0 Å². The minimum Gasteiger partial charge on any atom is -0.339 e. The van der Waals surface area contributed by atoms with Crippen molar-refractivity contribution in [2.45, 2.75) is 51.6 Å². The lowest BCUT2D eigenvalue weighted by Gasteiger charge is -2.44. The summed E-state index contributed by atoms with van der Waals surface area (Å²) < 4.78 is 3.89. The molecule has 1 aliphatic rings. The van der Waals surface area contributed by atoms with Crippen LogP contribution in [0.25, 0.3) is 0 Å². The molecule has 28 heavy (non-hydrogen) atoms. The van der Waals surface area contributed by atoms with E-state index in [9.17, 15) is 9.59 Å². The summed E-state index contributed by atoms with van der Waals surface area (Å²) in [5.41, 5.74) is 2.11. The maximum absolute atomic E-state index is 12.8. The molecular formula is C20H30N6O2. The number of hydrogen-bond acceptors (Lipinski definition) is 4. The highest BCUT2D eigenvalue weighted by Crippen LogP contribution is 2.19. The molecule has 1 saturated heterocycles. The molecule has 152 valence electrons. The van der Waals surface area contributed by atoms with Crippen LogP contribution in [0.5, 0.6) is 0 Å². The fraction of sp³-hybridized carbons (Fsp3) is 0.600. The number of imidazole rings is 2. The van der Waals surface area contributed by atoms with Crippen molar-refractivity contribution in [2.75, 3.05) is 13.1 Å². The Morgan fingerprint density at radius 2 is 1.36 bits per heavy atom. The molecule has 0 aliphatic carbocycles. The Morgan fingerprint density at radius 3 is 1.79 bits per heavy atom. The lowest BCUT2D eigenvalue weighted by Crippen LogP contribution is -2.59. The van der Waals surface area contributed by atoms with Crippen LogP contribution in [-0.4, -0.2) is 65.9 Å². The molecule has 8 nitrogen and oxygen atoms in total. The average Bonchev–Trinajstić information content (AvgIpc) is 3.25. The molecular weight excluding hydrogens is 356 g/mol. The van der Waals surface area contributed by atoms with Gasteiger partial charge in [0, 0.05) is 75.9 Å². The van der Waals surface area contributed by atoms with Crippen LogP contribution >= 0.6 is 0 Å². The standard InChI is InChI=1S/C20H30N6O2/c1-15-11-25(19(27)7-5-17-9-21-13-23(17)3)12-16(2)26(15)20(28)8-6-18-10-22-14-24(18)4/h9-10,13-16H,5-8,11-12H2,1-4H3/t15-,16+. The van der Waals surface area contributed by atoms with E-state index >= 15 is 0 Å². The van der Waals surface area contributed by atoms with Gasteiger partial charge in [0.15, 0.2) is 0 Å². The zero-order valence-electron chi connectivity index (χ0n) is 17.2. The van der Waals surface area contributed by atoms with E-state index in [1.54, 1.807) is 25.0 Å². The number of amides is 2. The largest absolute Gasteiger partial charge is 0.339 e. The van der Waals surface area contributed by atoms with Gasteiger partial charge < -0.3 is 18.9 Å². The monoisotopic (exact) mass is 386 g/mol. The number of piperazine rings is 1. The Labute approximate surface area is 166 Å². The summed E-state index contributed by atoms with van der Waals surface area (Å²) in [4.78, 5) is 37.5. The van der Waals surface area contributed by atoms with Gasteiger partial charge in [-0.3, -0.25) is 9.59 Å². The van der Waals surface area contributed by atoms with Gasteiger partial charge in [0.1, 0.15) is 0 Å². The van der Waals surface area contributed by atoms with E-state index in [0.29, 0.717) is 38.8 Å². The van der Waals surface area contributed by atoms with Crippen LogP contribution in [-0.2, 0) is 36.5 Å². The molecule has 3 heterocycles. The fourth-order valence-corrected chi connectivity index (χ4v) is 4.03. The minimum absolute atomic E-state index is 0.0171. The number of carbonyl (C=O) groups is 2. The van der Waals surface area contributed by atoms with Crippen molar-refractivity contribution in [3.8, 4) is 0 Å². The SMILES string of the molecule is C[C@@H]1CN(C(=O)CCc2cncn2C)C[C@H](C)N1C(=O)CCc1cncn1C. The van der Waals surface area contributed by atoms with E-state index in [4.69, 9.17) is 0 Å². The molecule has 0 unspecified atom stereocenters. The second-order valence-electron chi connectivity index (χ2n) is 7.79. The van der Waals surface area contributed by atoms with Crippen LogP contribution in [0.4, 0.5) is 0 Å². The number of aromatic nitrogens is 4. The first kappa shape index (κ1) is 20.1. The topological polar surface area (TPSA) is 76.3 Å². The third-order valence-electron chi connectivity index (χ3n) is 5.58. The molecule has 1 aliphatic heterocycles. The van der Waals surface area contributed by atoms with Gasteiger partial charge in [-0.1, -0.05) is 0 Å². The highest BCUT2D eigenvalue weighted by molar-refractivity contribution is 5.79. The summed E-state index contributed by atoms with van der Waals surface area (Å²) in [5.74, 6) is 0.282. The van der Waals surface area contributed by atoms with E-state index in [1.807, 2.05) is 46.9 Å². The van der Waals surface area contributed by atoms with Crippen LogP contribution in [0, 0.1) is 0 Å². The zero-order chi connectivity index (χ0) is 20.3. The van der Waals surface area contributed by atoms with Crippen molar-refractivity contribution in [1.29, 1.82) is 0 Å². The molecule has 0 radical (unpaired) electrons. The Morgan fingerprint density at radius 1 is 0.893 bits per heavy atom. The van der Waals surface area contributed by atoms with E-state index in [-0.39, 0.29) is 23.9 Å². The molecule has 0 spiro atoms. The summed E-state index contributed by atoms with van der Waals surface area (Å²) in [6.07, 6.45) is 9.40. The molecule has 3 rings (SSSR count). The molecule has 2 aromatic heterocycles. The molecule has 0 N–H and O–H groups in total. The van der Waals surface area contributed by atoms with Crippen LogP contribution in [0.1, 0.15) is 38.1 Å². The number of aryl methyl sites for hydroxylation is 4. The van der Waals surface area contributed by atoms with Gasteiger partial charge in [0.25, 0.3) is 0 Å². The lowest BCUT2D eigenvalue weighted by molar-refractivity contribution is -0.146. The van der Waals surface area contributed by atoms with Gasteiger partial charge in [-0.25, -0.2) is 9.97 Å². The third-order valence-corrected chi connectivity index (χ3v) is 5.58. The van der Waals surface area contributed by atoms with Crippen molar-refractivity contribution >= 4 is 11.8 Å². The fourth-order valence-electron chi connectivity index (χ4n) is 4.03. The lowest BCUT2D eigenvalue weighted by atomic mass is 10.1. The summed E-state index contributed by atoms with van der Waals surface area (Å²) in [6, 6.07) is 0.0341. The second kappa shape index (κ2) is 8.58. The molecule has 8 heteroatoms.